The van der Waals surface area contributed by atoms with Gasteiger partial charge in [0.25, 0.3) is 0 Å². The van der Waals surface area contributed by atoms with Crippen molar-refractivity contribution < 1.29 is 4.79 Å². The van der Waals surface area contributed by atoms with E-state index in [1.807, 2.05) is 4.90 Å². The Hall–Kier alpha value is -1.35. The predicted molar refractivity (Wildman–Crippen MR) is 80.1 cm³/mol. The summed E-state index contributed by atoms with van der Waals surface area (Å²) in [5.74, 6) is 0.263. The van der Waals surface area contributed by atoms with Gasteiger partial charge in [0, 0.05) is 19.1 Å². The Morgan fingerprint density at radius 1 is 1.30 bits per heavy atom. The number of nitrogens with zero attached hydrogens (tertiary/aromatic N) is 1. The highest BCUT2D eigenvalue weighted by atomic mass is 16.2. The van der Waals surface area contributed by atoms with E-state index in [1.54, 1.807) is 0 Å². The molecule has 1 aliphatic heterocycles. The van der Waals surface area contributed by atoms with E-state index in [-0.39, 0.29) is 17.4 Å². The summed E-state index contributed by atoms with van der Waals surface area (Å²) in [6.07, 6.45) is 5.11. The summed E-state index contributed by atoms with van der Waals surface area (Å²) in [6.45, 7) is 3.66. The lowest BCUT2D eigenvalue weighted by molar-refractivity contribution is -0.142. The molecule has 1 fully saturated rings. The van der Waals surface area contributed by atoms with Crippen LogP contribution in [0.25, 0.3) is 0 Å². The van der Waals surface area contributed by atoms with Gasteiger partial charge in [0.1, 0.15) is 0 Å². The molecule has 2 aliphatic rings. The van der Waals surface area contributed by atoms with E-state index in [0.717, 1.165) is 45.2 Å². The van der Waals surface area contributed by atoms with Crippen LogP contribution < -0.4 is 5.73 Å². The molecule has 3 nitrogen and oxygen atoms in total. The lowest BCUT2D eigenvalue weighted by Gasteiger charge is -2.34. The van der Waals surface area contributed by atoms with E-state index >= 15 is 0 Å². The summed E-state index contributed by atoms with van der Waals surface area (Å²) in [4.78, 5) is 15.0. The fraction of sp³-hybridized carbons (Fsp3) is 0.588. The maximum Gasteiger partial charge on any atom is 0.230 e. The van der Waals surface area contributed by atoms with E-state index in [1.165, 1.54) is 11.1 Å². The minimum atomic E-state index is -0.348. The van der Waals surface area contributed by atoms with Crippen molar-refractivity contribution in [3.63, 3.8) is 0 Å². The molecule has 108 valence electrons. The van der Waals surface area contributed by atoms with Gasteiger partial charge in [0.15, 0.2) is 0 Å². The molecular formula is C17H24N2O. The highest BCUT2D eigenvalue weighted by Gasteiger charge is 2.45. The van der Waals surface area contributed by atoms with Crippen LogP contribution in [0.4, 0.5) is 0 Å². The van der Waals surface area contributed by atoms with Crippen LogP contribution in [-0.4, -0.2) is 23.4 Å². The number of aryl methyl sites for hydroxylation is 1. The van der Waals surface area contributed by atoms with Crippen molar-refractivity contribution in [2.24, 2.45) is 11.1 Å². The van der Waals surface area contributed by atoms with Crippen LogP contribution in [0.3, 0.4) is 0 Å². The molecular weight excluding hydrogens is 248 g/mol. The maximum absolute atomic E-state index is 12.9. The van der Waals surface area contributed by atoms with Crippen molar-refractivity contribution in [2.75, 3.05) is 6.54 Å². The van der Waals surface area contributed by atoms with Crippen molar-refractivity contribution in [1.29, 1.82) is 0 Å². The predicted octanol–water partition coefficient (Wildman–Crippen LogP) is 2.48. The topological polar surface area (TPSA) is 46.3 Å². The highest BCUT2D eigenvalue weighted by Crippen LogP contribution is 2.39. The third-order valence-corrected chi connectivity index (χ3v) is 5.16. The average molecular weight is 272 g/mol. The number of fused-ring (bicyclic) bond motifs is 1. The second-order valence-electron chi connectivity index (χ2n) is 6.52. The molecule has 0 saturated heterocycles. The Labute approximate surface area is 121 Å². The van der Waals surface area contributed by atoms with E-state index in [2.05, 4.69) is 31.2 Å². The second-order valence-corrected chi connectivity index (χ2v) is 6.52. The van der Waals surface area contributed by atoms with Gasteiger partial charge in [-0.2, -0.15) is 0 Å². The van der Waals surface area contributed by atoms with E-state index in [4.69, 9.17) is 5.73 Å². The zero-order valence-electron chi connectivity index (χ0n) is 12.3. The fourth-order valence-electron chi connectivity index (χ4n) is 3.69. The van der Waals surface area contributed by atoms with Gasteiger partial charge >= 0.3 is 0 Å². The average Bonchev–Trinajstić information content (AvgIpc) is 2.68. The zero-order valence-corrected chi connectivity index (χ0v) is 12.3. The largest absolute Gasteiger partial charge is 0.338 e. The summed E-state index contributed by atoms with van der Waals surface area (Å²) >= 11 is 0. The van der Waals surface area contributed by atoms with Crippen LogP contribution in [0.1, 0.15) is 43.7 Å². The molecule has 1 aromatic rings. The van der Waals surface area contributed by atoms with Crippen molar-refractivity contribution in [3.05, 3.63) is 35.4 Å². The molecule has 0 aromatic heterocycles. The number of hydrogen-bond acceptors (Lipinski definition) is 2. The molecule has 2 atom stereocenters. The van der Waals surface area contributed by atoms with Gasteiger partial charge in [-0.25, -0.2) is 0 Å². The van der Waals surface area contributed by atoms with Gasteiger partial charge in [-0.15, -0.1) is 0 Å². The number of carbonyl (C=O) groups excluding carboxylic acids is 1. The van der Waals surface area contributed by atoms with E-state index < -0.39 is 0 Å². The Bertz CT molecular complexity index is 513. The van der Waals surface area contributed by atoms with Crippen molar-refractivity contribution >= 4 is 5.91 Å². The van der Waals surface area contributed by atoms with Gasteiger partial charge < -0.3 is 10.6 Å². The van der Waals surface area contributed by atoms with E-state index in [0.29, 0.717) is 0 Å². The first-order valence-corrected chi connectivity index (χ1v) is 7.73. The van der Waals surface area contributed by atoms with Crippen LogP contribution in [0.2, 0.25) is 0 Å². The van der Waals surface area contributed by atoms with Crippen LogP contribution in [0, 0.1) is 5.41 Å². The molecule has 0 radical (unpaired) electrons. The van der Waals surface area contributed by atoms with Gasteiger partial charge in [0.2, 0.25) is 5.91 Å². The molecule has 0 spiro atoms. The van der Waals surface area contributed by atoms with E-state index in [9.17, 15) is 4.79 Å². The highest BCUT2D eigenvalue weighted by molar-refractivity contribution is 5.83. The Balaban J connectivity index is 1.83. The van der Waals surface area contributed by atoms with Crippen LogP contribution in [-0.2, 0) is 17.8 Å². The van der Waals surface area contributed by atoms with Gasteiger partial charge in [0.05, 0.1) is 5.41 Å². The molecule has 1 amide bonds. The molecule has 1 aliphatic carbocycles. The summed E-state index contributed by atoms with van der Waals surface area (Å²) in [5, 5.41) is 0. The van der Waals surface area contributed by atoms with Crippen LogP contribution in [0.15, 0.2) is 24.3 Å². The van der Waals surface area contributed by atoms with Crippen LogP contribution in [0.5, 0.6) is 0 Å². The molecule has 1 aromatic carbocycles. The zero-order chi connectivity index (χ0) is 14.2. The molecule has 1 saturated carbocycles. The maximum atomic E-state index is 12.9. The Morgan fingerprint density at radius 3 is 2.75 bits per heavy atom. The summed E-state index contributed by atoms with van der Waals surface area (Å²) in [5.41, 5.74) is 8.55. The second kappa shape index (κ2) is 5.21. The Morgan fingerprint density at radius 2 is 2.05 bits per heavy atom. The molecule has 3 rings (SSSR count). The summed E-state index contributed by atoms with van der Waals surface area (Å²) in [7, 11) is 0. The number of benzene rings is 1. The van der Waals surface area contributed by atoms with Crippen molar-refractivity contribution in [3.8, 4) is 0 Å². The number of carbonyl (C=O) groups is 1. The lowest BCUT2D eigenvalue weighted by Crippen LogP contribution is -2.49. The quantitative estimate of drug-likeness (QED) is 0.853. The van der Waals surface area contributed by atoms with Gasteiger partial charge in [-0.1, -0.05) is 30.7 Å². The number of amides is 1. The van der Waals surface area contributed by atoms with Crippen molar-refractivity contribution in [1.82, 2.24) is 4.90 Å². The number of rotatable bonds is 1. The number of hydrogen-bond donors (Lipinski definition) is 1. The minimum Gasteiger partial charge on any atom is -0.338 e. The fourth-order valence-corrected chi connectivity index (χ4v) is 3.69. The minimum absolute atomic E-state index is 0.0218. The standard InChI is InChI=1S/C17H24N2O/c1-17(10-4-9-15(17)18)16(20)19-11-5-8-13-6-2-3-7-14(13)12-19/h2-3,6-7,15H,4-5,8-12,18H2,1H3. The first kappa shape index (κ1) is 13.6. The smallest absolute Gasteiger partial charge is 0.230 e. The molecule has 20 heavy (non-hydrogen) atoms. The van der Waals surface area contributed by atoms with Gasteiger partial charge in [-0.05, 0) is 43.7 Å². The molecule has 3 heteroatoms. The SMILES string of the molecule is CC1(C(=O)N2CCCc3ccccc3C2)CCCC1N. The first-order valence-electron chi connectivity index (χ1n) is 7.73. The summed E-state index contributed by atoms with van der Waals surface area (Å²) < 4.78 is 0. The Kier molecular flexibility index (Phi) is 3.55. The molecule has 1 heterocycles. The number of nitrogens with two attached hydrogens (primary N) is 1. The van der Waals surface area contributed by atoms with Gasteiger partial charge in [-0.3, -0.25) is 4.79 Å². The summed E-state index contributed by atoms with van der Waals surface area (Å²) in [6, 6.07) is 8.51. The normalized spacial score (nSPS) is 29.9. The molecule has 2 unspecified atom stereocenters. The lowest BCUT2D eigenvalue weighted by atomic mass is 9.83. The third-order valence-electron chi connectivity index (χ3n) is 5.16. The molecule has 0 bridgehead atoms. The first-order chi connectivity index (χ1) is 9.61. The van der Waals surface area contributed by atoms with Crippen LogP contribution >= 0.6 is 0 Å². The monoisotopic (exact) mass is 272 g/mol. The molecule has 2 N–H and O–H groups in total. The third kappa shape index (κ3) is 2.24. The van der Waals surface area contributed by atoms with Crippen molar-refractivity contribution in [2.45, 2.75) is 51.6 Å².